The first-order valence-electron chi connectivity index (χ1n) is 9.15. The molecule has 0 radical (unpaired) electrons. The van der Waals surface area contributed by atoms with Crippen LogP contribution >= 0.6 is 0 Å². The number of ether oxygens (including phenoxy) is 1. The molecule has 11 heteroatoms. The molecule has 0 fully saturated rings. The van der Waals surface area contributed by atoms with Gasteiger partial charge in [0.05, 0.1) is 24.9 Å². The van der Waals surface area contributed by atoms with Crippen molar-refractivity contribution in [3.63, 3.8) is 0 Å². The lowest BCUT2D eigenvalue weighted by Gasteiger charge is -2.18. The number of benzene rings is 1. The number of nitrogens with one attached hydrogen (secondary N) is 3. The summed E-state index contributed by atoms with van der Waals surface area (Å²) in [6.45, 7) is 3.02. The molecule has 0 unspecified atom stereocenters. The smallest absolute Gasteiger partial charge is 0.255 e. The van der Waals surface area contributed by atoms with E-state index in [1.54, 1.807) is 48.8 Å². The van der Waals surface area contributed by atoms with Crippen LogP contribution in [0.2, 0.25) is 0 Å². The van der Waals surface area contributed by atoms with Crippen LogP contribution in [-0.2, 0) is 0 Å². The minimum Gasteiger partial charge on any atom is -0.479 e. The number of alkyl halides is 2. The van der Waals surface area contributed by atoms with Crippen LogP contribution in [0.25, 0.3) is 16.6 Å². The monoisotopic (exact) mass is 419 g/mol. The van der Waals surface area contributed by atoms with Crippen LogP contribution in [0.3, 0.4) is 0 Å². The average Bonchev–Trinajstić information content (AvgIpc) is 3.13. The van der Waals surface area contributed by atoms with E-state index in [0.717, 1.165) is 5.56 Å². The molecule has 0 saturated heterocycles. The Bertz CT molecular complexity index is 1050. The molecule has 3 rings (SSSR count). The van der Waals surface area contributed by atoms with Gasteiger partial charge in [-0.3, -0.25) is 0 Å². The number of halogens is 2. The zero-order chi connectivity index (χ0) is 21.9. The highest BCUT2D eigenvalue weighted by Gasteiger charge is 2.18. The molecule has 4 N–H and O–H groups in total. The summed E-state index contributed by atoms with van der Waals surface area (Å²) in [7, 11) is 1.48. The van der Waals surface area contributed by atoms with E-state index >= 15 is 0 Å². The first-order chi connectivity index (χ1) is 14.2. The normalized spacial score (nSPS) is 11.7. The molecule has 0 aliphatic carbocycles. The largest absolute Gasteiger partial charge is 0.479 e. The number of methoxy groups -OCH3 is 1. The van der Waals surface area contributed by atoms with Crippen LogP contribution in [0.5, 0.6) is 5.88 Å². The second kappa shape index (κ2) is 8.57. The van der Waals surface area contributed by atoms with E-state index in [-0.39, 0.29) is 18.2 Å². The van der Waals surface area contributed by atoms with E-state index in [1.807, 2.05) is 0 Å². The lowest BCUT2D eigenvalue weighted by atomic mass is 10.1. The van der Waals surface area contributed by atoms with Crippen LogP contribution in [0, 0.1) is 5.53 Å². The van der Waals surface area contributed by atoms with Crippen molar-refractivity contribution in [1.29, 1.82) is 5.53 Å². The van der Waals surface area contributed by atoms with Crippen molar-refractivity contribution in [2.24, 2.45) is 5.11 Å². The van der Waals surface area contributed by atoms with Crippen molar-refractivity contribution in [3.8, 4) is 17.0 Å². The summed E-state index contributed by atoms with van der Waals surface area (Å²) in [6.07, 6.45) is -0.815. The van der Waals surface area contributed by atoms with Gasteiger partial charge in [0.2, 0.25) is 11.8 Å². The Morgan fingerprint density at radius 1 is 1.30 bits per heavy atom. The van der Waals surface area contributed by atoms with Crippen LogP contribution < -0.4 is 15.4 Å². The summed E-state index contributed by atoms with van der Waals surface area (Å²) in [6, 6.07) is 6.75. The molecule has 0 atom stereocenters. The Balaban J connectivity index is 2.02. The molecular formula is C19H23F2N7O2. The minimum atomic E-state index is -2.54. The molecule has 0 spiro atoms. The van der Waals surface area contributed by atoms with Crippen molar-refractivity contribution < 1.29 is 18.6 Å². The number of hydrogen-bond donors (Lipinski definition) is 4. The predicted molar refractivity (Wildman–Crippen MR) is 109 cm³/mol. The highest BCUT2D eigenvalue weighted by Crippen LogP contribution is 2.36. The van der Waals surface area contributed by atoms with Gasteiger partial charge >= 0.3 is 0 Å². The fraction of sp³-hybridized carbons (Fsp3) is 0.368. The first-order valence-corrected chi connectivity index (χ1v) is 9.15. The quantitative estimate of drug-likeness (QED) is 0.390. The summed E-state index contributed by atoms with van der Waals surface area (Å²) >= 11 is 0. The maximum Gasteiger partial charge on any atom is 0.255 e. The molecule has 2 heterocycles. The van der Waals surface area contributed by atoms with Gasteiger partial charge < -0.3 is 20.5 Å². The van der Waals surface area contributed by atoms with Crippen molar-refractivity contribution in [1.82, 2.24) is 14.6 Å². The number of rotatable bonds is 9. The molecule has 0 aliphatic heterocycles. The Kier molecular flexibility index (Phi) is 6.11. The van der Waals surface area contributed by atoms with Crippen molar-refractivity contribution in [3.05, 3.63) is 30.5 Å². The molecule has 1 aromatic carbocycles. The highest BCUT2D eigenvalue weighted by molar-refractivity contribution is 5.87. The predicted octanol–water partition coefficient (Wildman–Crippen LogP) is 3.93. The van der Waals surface area contributed by atoms with E-state index in [2.05, 4.69) is 25.8 Å². The average molecular weight is 419 g/mol. The molecule has 0 saturated carbocycles. The van der Waals surface area contributed by atoms with Crippen molar-refractivity contribution >= 4 is 22.8 Å². The molecule has 160 valence electrons. The Morgan fingerprint density at radius 2 is 2.07 bits per heavy atom. The van der Waals surface area contributed by atoms with Crippen LogP contribution in [0.1, 0.15) is 13.8 Å². The summed E-state index contributed by atoms with van der Waals surface area (Å²) in [5.41, 5.74) is 8.88. The fourth-order valence-corrected chi connectivity index (χ4v) is 2.87. The maximum absolute atomic E-state index is 12.6. The summed E-state index contributed by atoms with van der Waals surface area (Å²) in [5.74, 6) is 0.589. The number of fused-ring (bicyclic) bond motifs is 1. The fourth-order valence-electron chi connectivity index (χ4n) is 2.87. The topological polar surface area (TPSA) is 120 Å². The van der Waals surface area contributed by atoms with E-state index in [9.17, 15) is 13.9 Å². The second-order valence-electron chi connectivity index (χ2n) is 7.25. The maximum atomic E-state index is 12.6. The first kappa shape index (κ1) is 21.4. The molecule has 0 aliphatic rings. The lowest BCUT2D eigenvalue weighted by molar-refractivity contribution is 0.0942. The summed E-state index contributed by atoms with van der Waals surface area (Å²) in [4.78, 5) is 4.36. The number of nitrogens with zero attached hydrogens (tertiary/aromatic N) is 4. The lowest BCUT2D eigenvalue weighted by Crippen LogP contribution is -2.30. The second-order valence-corrected chi connectivity index (χ2v) is 7.25. The van der Waals surface area contributed by atoms with Crippen LogP contribution in [-0.4, -0.2) is 51.9 Å². The third kappa shape index (κ3) is 4.79. The zero-order valence-corrected chi connectivity index (χ0v) is 16.8. The van der Waals surface area contributed by atoms with Gasteiger partial charge in [0.1, 0.15) is 11.2 Å². The van der Waals surface area contributed by atoms with Gasteiger partial charge in [0.25, 0.3) is 6.43 Å². The van der Waals surface area contributed by atoms with Gasteiger partial charge in [-0.1, -0.05) is 6.07 Å². The molecule has 9 nitrogen and oxygen atoms in total. The third-order valence-corrected chi connectivity index (χ3v) is 4.23. The van der Waals surface area contributed by atoms with Crippen molar-refractivity contribution in [2.45, 2.75) is 25.9 Å². The minimum absolute atomic E-state index is 0.243. The Labute approximate surface area is 171 Å². The Morgan fingerprint density at radius 3 is 2.70 bits per heavy atom. The SMILES string of the molecule is COc1nc(NCC(C)(C)O)nn2ccc(-c3ccc(N=N)c(NCC(F)F)c3)c12. The molecule has 0 amide bonds. The van der Waals surface area contributed by atoms with Crippen molar-refractivity contribution in [2.75, 3.05) is 30.8 Å². The summed E-state index contributed by atoms with van der Waals surface area (Å²) in [5, 5.41) is 23.2. The van der Waals surface area contributed by atoms with Gasteiger partial charge in [-0.25, -0.2) is 18.8 Å². The van der Waals surface area contributed by atoms with Gasteiger partial charge in [-0.15, -0.1) is 5.10 Å². The number of aliphatic hydroxyl groups is 1. The highest BCUT2D eigenvalue weighted by atomic mass is 19.3. The van der Waals surface area contributed by atoms with Gasteiger partial charge in [-0.05, 0) is 37.6 Å². The molecular weight excluding hydrogens is 396 g/mol. The molecule has 0 bridgehead atoms. The van der Waals surface area contributed by atoms with E-state index in [0.29, 0.717) is 22.6 Å². The number of hydrogen-bond acceptors (Lipinski definition) is 8. The third-order valence-electron chi connectivity index (χ3n) is 4.23. The van der Waals surface area contributed by atoms with E-state index < -0.39 is 18.6 Å². The van der Waals surface area contributed by atoms with E-state index in [4.69, 9.17) is 10.3 Å². The molecule has 2 aromatic heterocycles. The van der Waals surface area contributed by atoms with Gasteiger partial charge in [-0.2, -0.15) is 10.1 Å². The van der Waals surface area contributed by atoms with Gasteiger partial charge in [0.15, 0.2) is 0 Å². The van der Waals surface area contributed by atoms with Crippen LogP contribution in [0.4, 0.5) is 26.1 Å². The van der Waals surface area contributed by atoms with Gasteiger partial charge in [0, 0.05) is 18.3 Å². The number of anilines is 2. The standard InChI is InChI=1S/C19H23F2N7O2/c1-19(2,29)10-24-18-25-17(30-3)16-12(6-7-28(16)27-18)11-4-5-13(26-22)14(8-11)23-9-15(20)21/h4-8,15,22-23,29H,9-10H2,1-3H3,(H,24,27). The number of aromatic nitrogens is 3. The zero-order valence-electron chi connectivity index (χ0n) is 16.8. The Hall–Kier alpha value is -3.34. The summed E-state index contributed by atoms with van der Waals surface area (Å²) < 4.78 is 32.2. The van der Waals surface area contributed by atoms with Crippen LogP contribution in [0.15, 0.2) is 35.6 Å². The molecule has 3 aromatic rings. The van der Waals surface area contributed by atoms with E-state index in [1.165, 1.54) is 7.11 Å². The molecule has 30 heavy (non-hydrogen) atoms.